The van der Waals surface area contributed by atoms with E-state index < -0.39 is 74.3 Å². The highest BCUT2D eigenvalue weighted by Crippen LogP contribution is 2.39. The van der Waals surface area contributed by atoms with Crippen molar-refractivity contribution < 1.29 is 49.4 Å². The molecule has 2 aromatic carbocycles. The minimum absolute atomic E-state index is 0.0460. The third kappa shape index (κ3) is 6.95. The second kappa shape index (κ2) is 11.7. The van der Waals surface area contributed by atoms with Crippen LogP contribution >= 0.6 is 0 Å². The van der Waals surface area contributed by atoms with Crippen LogP contribution in [-0.4, -0.2) is 52.8 Å². The van der Waals surface area contributed by atoms with Gasteiger partial charge in [-0.2, -0.15) is 31.4 Å². The topological polar surface area (TPSA) is 135 Å². The van der Waals surface area contributed by atoms with Gasteiger partial charge in [-0.05, 0) is 57.2 Å². The van der Waals surface area contributed by atoms with Gasteiger partial charge in [-0.25, -0.2) is 22.6 Å². The second-order valence-electron chi connectivity index (χ2n) is 10.1. The van der Waals surface area contributed by atoms with Crippen LogP contribution in [0.15, 0.2) is 59.6 Å². The van der Waals surface area contributed by atoms with Crippen molar-refractivity contribution in [3.8, 4) is 17.0 Å². The first-order chi connectivity index (χ1) is 20.4. The summed E-state index contributed by atoms with van der Waals surface area (Å²) in [7, 11) is -4.15. The van der Waals surface area contributed by atoms with Crippen LogP contribution in [0.5, 0.6) is 5.75 Å². The number of hydrogen-bond donors (Lipinski definition) is 3. The first kappa shape index (κ1) is 32.7. The number of fused-ring (bicyclic) bond motifs is 1. The number of nitrogens with zero attached hydrogens (tertiary/aromatic N) is 3. The number of aliphatic hydroxyl groups excluding tert-OH is 1. The number of nitrogens with one attached hydrogen (secondary N) is 2. The lowest BCUT2D eigenvalue weighted by molar-refractivity contribution is -0.142. The van der Waals surface area contributed by atoms with E-state index in [1.54, 1.807) is 0 Å². The molecule has 0 aliphatic heterocycles. The molecule has 0 bridgehead atoms. The fourth-order valence-corrected chi connectivity index (χ4v) is 5.51. The van der Waals surface area contributed by atoms with Gasteiger partial charge in [-0.3, -0.25) is 4.79 Å². The zero-order valence-corrected chi connectivity index (χ0v) is 24.0. The van der Waals surface area contributed by atoms with Crippen molar-refractivity contribution in [3.63, 3.8) is 0 Å². The molecule has 4 aromatic rings. The molecule has 0 saturated carbocycles. The molecule has 0 aliphatic rings. The zero-order valence-electron chi connectivity index (χ0n) is 23.2. The summed E-state index contributed by atoms with van der Waals surface area (Å²) in [5.74, 6) is -1.62. The molecule has 4 rings (SSSR count). The molecule has 0 atom stereocenters. The predicted molar refractivity (Wildman–Crippen MR) is 145 cm³/mol. The maximum absolute atomic E-state index is 14.0. The van der Waals surface area contributed by atoms with Gasteiger partial charge in [-0.15, -0.1) is 0 Å². The summed E-state index contributed by atoms with van der Waals surface area (Å²) in [6.07, 6.45) is -8.99. The van der Waals surface area contributed by atoms with Gasteiger partial charge in [0.1, 0.15) is 11.3 Å². The Bertz CT molecular complexity index is 1820. The minimum atomic E-state index is -5.01. The largest absolute Gasteiger partial charge is 0.493 e. The molecule has 44 heavy (non-hydrogen) atoms. The van der Waals surface area contributed by atoms with Crippen molar-refractivity contribution >= 4 is 27.3 Å². The van der Waals surface area contributed by atoms with Crippen LogP contribution in [0.4, 0.5) is 32.0 Å². The molecule has 236 valence electrons. The molecular weight excluding hydrogens is 620 g/mol. The molecule has 0 spiro atoms. The lowest BCUT2D eigenvalue weighted by Gasteiger charge is -2.23. The Morgan fingerprint density at radius 1 is 1.02 bits per heavy atom. The summed E-state index contributed by atoms with van der Waals surface area (Å²) in [6.45, 7) is 3.66. The smallest absolute Gasteiger partial charge is 0.433 e. The number of carbonyl (C=O) groups excluding carboxylic acids is 1. The van der Waals surface area contributed by atoms with Crippen LogP contribution in [0, 0.1) is 0 Å². The highest BCUT2D eigenvalue weighted by Gasteiger charge is 2.37. The third-order valence-electron chi connectivity index (χ3n) is 6.10. The van der Waals surface area contributed by atoms with E-state index >= 15 is 0 Å². The zero-order chi connectivity index (χ0) is 32.7. The van der Waals surface area contributed by atoms with Gasteiger partial charge in [0.25, 0.3) is 5.91 Å². The van der Waals surface area contributed by atoms with Crippen LogP contribution in [0.2, 0.25) is 0 Å². The fourth-order valence-electron chi connectivity index (χ4n) is 4.06. The summed E-state index contributed by atoms with van der Waals surface area (Å²) >= 11 is 0. The average Bonchev–Trinajstić information content (AvgIpc) is 3.35. The molecule has 1 amide bonds. The number of ether oxygens (including phenoxy) is 1. The Balaban J connectivity index is 1.77. The second-order valence-corrected chi connectivity index (χ2v) is 11.8. The molecule has 3 N–H and O–H groups in total. The predicted octanol–water partition coefficient (Wildman–Crippen LogP) is 5.13. The van der Waals surface area contributed by atoms with Crippen molar-refractivity contribution in [2.45, 2.75) is 43.6 Å². The molecule has 0 radical (unpaired) electrons. The van der Waals surface area contributed by atoms with E-state index in [1.807, 2.05) is 0 Å². The van der Waals surface area contributed by atoms with E-state index in [1.165, 1.54) is 39.0 Å². The van der Waals surface area contributed by atoms with E-state index in [-0.39, 0.29) is 22.8 Å². The summed E-state index contributed by atoms with van der Waals surface area (Å²) in [6, 6.07) is 8.03. The first-order valence-corrected chi connectivity index (χ1v) is 14.2. The van der Waals surface area contributed by atoms with Gasteiger partial charge >= 0.3 is 12.4 Å². The number of hydrogen-bond acceptors (Lipinski definition) is 7. The van der Waals surface area contributed by atoms with Crippen molar-refractivity contribution in [1.82, 2.24) is 19.3 Å². The minimum Gasteiger partial charge on any atom is -0.493 e. The average molecular weight is 646 g/mol. The van der Waals surface area contributed by atoms with Gasteiger partial charge in [0.2, 0.25) is 10.0 Å². The molecule has 0 saturated heterocycles. The molecule has 0 aliphatic carbocycles. The first-order valence-electron chi connectivity index (χ1n) is 12.7. The number of sulfonamides is 1. The number of halogens is 6. The van der Waals surface area contributed by atoms with Gasteiger partial charge in [0, 0.05) is 11.3 Å². The molecule has 0 unspecified atom stereocenters. The van der Waals surface area contributed by atoms with E-state index in [0.717, 1.165) is 24.4 Å². The van der Waals surface area contributed by atoms with Gasteiger partial charge < -0.3 is 15.2 Å². The monoisotopic (exact) mass is 645 g/mol. The van der Waals surface area contributed by atoms with Crippen molar-refractivity contribution in [3.05, 3.63) is 71.5 Å². The maximum Gasteiger partial charge on any atom is 0.433 e. The molecular formula is C27H25F6N5O5S. The van der Waals surface area contributed by atoms with Crippen molar-refractivity contribution in [1.29, 1.82) is 0 Å². The highest BCUT2D eigenvalue weighted by molar-refractivity contribution is 7.89. The van der Waals surface area contributed by atoms with Gasteiger partial charge in [0.15, 0.2) is 11.3 Å². The van der Waals surface area contributed by atoms with E-state index in [2.05, 4.69) is 20.1 Å². The Morgan fingerprint density at radius 3 is 2.34 bits per heavy atom. The standard InChI is InChI=1S/C27H25F6N5O5S/c1-4-43-21-10-15(8-9-19(21)26(28,29)30)20-12-22(27(31,32)33)38-23(36-20)18(13-34-38)24(40)35-16-6-5-7-17(11-16)44(41,42)37-25(2,3)14-39/h5-13,37,39H,4,14H2,1-3H3,(H,35,40). The van der Waals surface area contributed by atoms with Gasteiger partial charge in [-0.1, -0.05) is 12.1 Å². The van der Waals surface area contributed by atoms with E-state index in [0.29, 0.717) is 16.6 Å². The Kier molecular flexibility index (Phi) is 8.69. The van der Waals surface area contributed by atoms with Gasteiger partial charge in [0.05, 0.1) is 41.1 Å². The molecule has 10 nitrogen and oxygen atoms in total. The number of rotatable bonds is 9. The summed E-state index contributed by atoms with van der Waals surface area (Å²) in [5.41, 5.74) is -5.33. The molecule has 2 heterocycles. The quantitative estimate of drug-likeness (QED) is 0.215. The van der Waals surface area contributed by atoms with E-state index in [9.17, 15) is 44.7 Å². The van der Waals surface area contributed by atoms with Crippen molar-refractivity contribution in [2.24, 2.45) is 0 Å². The number of alkyl halides is 6. The SMILES string of the molecule is CCOc1cc(-c2cc(C(F)(F)F)n3ncc(C(=O)Nc4cccc(S(=O)(=O)NC(C)(C)CO)c4)c3n2)ccc1C(F)(F)F. The highest BCUT2D eigenvalue weighted by atomic mass is 32.2. The number of aliphatic hydroxyl groups is 1. The van der Waals surface area contributed by atoms with Crippen LogP contribution < -0.4 is 14.8 Å². The number of aromatic nitrogens is 3. The van der Waals surface area contributed by atoms with Crippen molar-refractivity contribution in [2.75, 3.05) is 18.5 Å². The normalized spacial score (nSPS) is 12.9. The Labute approximate surface area is 246 Å². The molecule has 17 heteroatoms. The summed E-state index contributed by atoms with van der Waals surface area (Å²) < 4.78 is 116. The molecule has 0 fully saturated rings. The van der Waals surface area contributed by atoms with Crippen LogP contribution in [-0.2, 0) is 22.4 Å². The number of benzene rings is 2. The van der Waals surface area contributed by atoms with E-state index in [4.69, 9.17) is 4.74 Å². The Morgan fingerprint density at radius 2 is 1.73 bits per heavy atom. The number of carbonyl (C=O) groups is 1. The maximum atomic E-state index is 14.0. The third-order valence-corrected chi connectivity index (χ3v) is 7.79. The lowest BCUT2D eigenvalue weighted by Crippen LogP contribution is -2.46. The number of amides is 1. The molecule has 2 aromatic heterocycles. The number of anilines is 1. The lowest BCUT2D eigenvalue weighted by atomic mass is 10.1. The Hall–Kier alpha value is -4.22. The summed E-state index contributed by atoms with van der Waals surface area (Å²) in [5, 5.41) is 15.4. The van der Waals surface area contributed by atoms with Crippen LogP contribution in [0.1, 0.15) is 42.4 Å². The fraction of sp³-hybridized carbons (Fsp3) is 0.296. The summed E-state index contributed by atoms with van der Waals surface area (Å²) in [4.78, 5) is 17.0. The van der Waals surface area contributed by atoms with Crippen LogP contribution in [0.25, 0.3) is 16.9 Å². The van der Waals surface area contributed by atoms with Crippen LogP contribution in [0.3, 0.4) is 0 Å².